The van der Waals surface area contributed by atoms with Crippen molar-refractivity contribution in [3.63, 3.8) is 0 Å². The fourth-order valence-electron chi connectivity index (χ4n) is 1.80. The van der Waals surface area contributed by atoms with Gasteiger partial charge in [-0.05, 0) is 30.7 Å². The van der Waals surface area contributed by atoms with E-state index in [4.69, 9.17) is 5.11 Å². The number of aryl methyl sites for hydroxylation is 1. The van der Waals surface area contributed by atoms with E-state index in [0.29, 0.717) is 5.69 Å². The maximum atomic E-state index is 12.1. The van der Waals surface area contributed by atoms with Gasteiger partial charge in [0.05, 0.1) is 0 Å². The molecule has 1 aromatic heterocycles. The minimum Gasteiger partial charge on any atom is -0.480 e. The average Bonchev–Trinajstić information content (AvgIpc) is 2.79. The Hall–Kier alpha value is -2.56. The van der Waals surface area contributed by atoms with E-state index in [0.717, 1.165) is 11.3 Å². The van der Waals surface area contributed by atoms with Crippen LogP contribution in [0.25, 0.3) is 0 Å². The number of carbonyl (C=O) groups is 2. The number of carboxylic acids is 1. The third-order valence-electron chi connectivity index (χ3n) is 2.76. The summed E-state index contributed by atoms with van der Waals surface area (Å²) >= 11 is 0. The lowest BCUT2D eigenvalue weighted by molar-refractivity contribution is -0.137. The van der Waals surface area contributed by atoms with E-state index in [2.05, 4.69) is 5.32 Å². The first-order valence-corrected chi connectivity index (χ1v) is 5.82. The maximum Gasteiger partial charge on any atom is 0.323 e. The topological polar surface area (TPSA) is 71.3 Å². The van der Waals surface area contributed by atoms with Crippen molar-refractivity contribution in [1.82, 2.24) is 4.57 Å². The molecule has 0 radical (unpaired) electrons. The number of para-hydroxylation sites is 1. The zero-order valence-electron chi connectivity index (χ0n) is 10.5. The lowest BCUT2D eigenvalue weighted by Gasteiger charge is -2.09. The van der Waals surface area contributed by atoms with Gasteiger partial charge in [-0.3, -0.25) is 9.59 Å². The van der Waals surface area contributed by atoms with E-state index in [1.54, 1.807) is 24.4 Å². The third-order valence-corrected chi connectivity index (χ3v) is 2.76. The maximum absolute atomic E-state index is 12.1. The molecule has 19 heavy (non-hydrogen) atoms. The van der Waals surface area contributed by atoms with Crippen LogP contribution in [0.5, 0.6) is 0 Å². The molecule has 0 spiro atoms. The largest absolute Gasteiger partial charge is 0.480 e. The van der Waals surface area contributed by atoms with Gasteiger partial charge < -0.3 is 15.0 Å². The molecule has 2 N–H and O–H groups in total. The molecule has 98 valence electrons. The number of anilines is 1. The molecule has 0 unspecified atom stereocenters. The summed E-state index contributed by atoms with van der Waals surface area (Å²) in [6, 6.07) is 10.7. The van der Waals surface area contributed by atoms with Gasteiger partial charge in [0.15, 0.2) is 0 Å². The Balaban J connectivity index is 2.19. The molecule has 1 heterocycles. The van der Waals surface area contributed by atoms with Crippen LogP contribution in [0, 0.1) is 6.92 Å². The number of aromatic nitrogens is 1. The number of nitrogens with zero attached hydrogens (tertiary/aromatic N) is 1. The number of hydrogen-bond donors (Lipinski definition) is 2. The van der Waals surface area contributed by atoms with Crippen LogP contribution in [-0.2, 0) is 11.3 Å². The van der Waals surface area contributed by atoms with Gasteiger partial charge in [0.2, 0.25) is 0 Å². The predicted molar refractivity (Wildman–Crippen MR) is 71.2 cm³/mol. The first kappa shape index (κ1) is 12.9. The van der Waals surface area contributed by atoms with Crippen LogP contribution >= 0.6 is 0 Å². The molecule has 2 aromatic rings. The lowest BCUT2D eigenvalue weighted by atomic mass is 10.2. The molecule has 0 saturated carbocycles. The SMILES string of the molecule is Cc1ccccc1NC(=O)c1cccn1CC(=O)O. The molecule has 0 fully saturated rings. The van der Waals surface area contributed by atoms with Crippen molar-refractivity contribution in [2.24, 2.45) is 0 Å². The van der Waals surface area contributed by atoms with Crippen LogP contribution in [0.3, 0.4) is 0 Å². The second-order valence-corrected chi connectivity index (χ2v) is 4.18. The highest BCUT2D eigenvalue weighted by Crippen LogP contribution is 2.15. The fraction of sp³-hybridized carbons (Fsp3) is 0.143. The summed E-state index contributed by atoms with van der Waals surface area (Å²) in [4.78, 5) is 22.8. The molecule has 0 aliphatic heterocycles. The van der Waals surface area contributed by atoms with Gasteiger partial charge in [0.1, 0.15) is 12.2 Å². The van der Waals surface area contributed by atoms with Crippen molar-refractivity contribution in [1.29, 1.82) is 0 Å². The Kier molecular flexibility index (Phi) is 3.66. The van der Waals surface area contributed by atoms with Gasteiger partial charge in [0.25, 0.3) is 5.91 Å². The minimum atomic E-state index is -0.985. The number of carboxylic acid groups (broad SMARTS) is 1. The molecule has 1 amide bonds. The number of rotatable bonds is 4. The quantitative estimate of drug-likeness (QED) is 0.882. The molecular weight excluding hydrogens is 244 g/mol. The van der Waals surface area contributed by atoms with Gasteiger partial charge in [-0.15, -0.1) is 0 Å². The molecule has 0 aliphatic rings. The number of nitrogens with one attached hydrogen (secondary N) is 1. The minimum absolute atomic E-state index is 0.233. The Bertz CT molecular complexity index is 617. The molecule has 5 nitrogen and oxygen atoms in total. The molecule has 2 rings (SSSR count). The van der Waals surface area contributed by atoms with Crippen molar-refractivity contribution in [3.8, 4) is 0 Å². The summed E-state index contributed by atoms with van der Waals surface area (Å²) in [5.74, 6) is -1.30. The monoisotopic (exact) mass is 258 g/mol. The van der Waals surface area contributed by atoms with Gasteiger partial charge >= 0.3 is 5.97 Å². The standard InChI is InChI=1S/C14H14N2O3/c1-10-5-2-3-6-11(10)15-14(19)12-7-4-8-16(12)9-13(17)18/h2-8H,9H2,1H3,(H,15,19)(H,17,18). The molecular formula is C14H14N2O3. The van der Waals surface area contributed by atoms with Crippen molar-refractivity contribution in [3.05, 3.63) is 53.9 Å². The summed E-state index contributed by atoms with van der Waals surface area (Å²) in [7, 11) is 0. The number of aliphatic carboxylic acids is 1. The second-order valence-electron chi connectivity index (χ2n) is 4.18. The third kappa shape index (κ3) is 3.01. The zero-order chi connectivity index (χ0) is 13.8. The van der Waals surface area contributed by atoms with Crippen molar-refractivity contribution >= 4 is 17.6 Å². The Morgan fingerprint density at radius 2 is 1.95 bits per heavy atom. The highest BCUT2D eigenvalue weighted by molar-refractivity contribution is 6.03. The normalized spacial score (nSPS) is 10.2. The van der Waals surface area contributed by atoms with Crippen LogP contribution < -0.4 is 5.32 Å². The number of amides is 1. The van der Waals surface area contributed by atoms with Crippen molar-refractivity contribution in [2.45, 2.75) is 13.5 Å². The van der Waals surface area contributed by atoms with E-state index >= 15 is 0 Å². The summed E-state index contributed by atoms with van der Waals surface area (Å²) in [6.45, 7) is 1.66. The van der Waals surface area contributed by atoms with Crippen LogP contribution in [0.4, 0.5) is 5.69 Å². The Labute approximate surface area is 110 Å². The van der Waals surface area contributed by atoms with E-state index in [9.17, 15) is 9.59 Å². The van der Waals surface area contributed by atoms with Gasteiger partial charge in [-0.2, -0.15) is 0 Å². The van der Waals surface area contributed by atoms with E-state index in [-0.39, 0.29) is 12.5 Å². The fourth-order valence-corrected chi connectivity index (χ4v) is 1.80. The van der Waals surface area contributed by atoms with Crippen LogP contribution in [0.15, 0.2) is 42.6 Å². The second kappa shape index (κ2) is 5.39. The first-order chi connectivity index (χ1) is 9.08. The predicted octanol–water partition coefficient (Wildman–Crippen LogP) is 2.13. The summed E-state index contributed by atoms with van der Waals surface area (Å²) in [5, 5.41) is 11.5. The van der Waals surface area contributed by atoms with E-state index < -0.39 is 5.97 Å². The highest BCUT2D eigenvalue weighted by Gasteiger charge is 2.13. The van der Waals surface area contributed by atoms with Crippen LogP contribution in [0.2, 0.25) is 0 Å². The van der Waals surface area contributed by atoms with Gasteiger partial charge in [-0.1, -0.05) is 18.2 Å². The molecule has 0 bridgehead atoms. The smallest absolute Gasteiger partial charge is 0.323 e. The molecule has 0 atom stereocenters. The Morgan fingerprint density at radius 3 is 2.63 bits per heavy atom. The molecule has 0 aliphatic carbocycles. The number of carbonyl (C=O) groups excluding carboxylic acids is 1. The van der Waals surface area contributed by atoms with E-state index in [1.165, 1.54) is 4.57 Å². The summed E-state index contributed by atoms with van der Waals surface area (Å²) in [6.07, 6.45) is 1.57. The van der Waals surface area contributed by atoms with Gasteiger partial charge in [-0.25, -0.2) is 0 Å². The number of hydrogen-bond acceptors (Lipinski definition) is 2. The summed E-state index contributed by atoms with van der Waals surface area (Å²) < 4.78 is 1.40. The first-order valence-electron chi connectivity index (χ1n) is 5.82. The lowest BCUT2D eigenvalue weighted by Crippen LogP contribution is -2.19. The van der Waals surface area contributed by atoms with Crippen LogP contribution in [-0.4, -0.2) is 21.6 Å². The highest BCUT2D eigenvalue weighted by atomic mass is 16.4. The molecule has 1 aromatic carbocycles. The molecule has 5 heteroatoms. The summed E-state index contributed by atoms with van der Waals surface area (Å²) in [5.41, 5.74) is 1.99. The Morgan fingerprint density at radius 1 is 1.21 bits per heavy atom. The average molecular weight is 258 g/mol. The zero-order valence-corrected chi connectivity index (χ0v) is 10.5. The van der Waals surface area contributed by atoms with E-state index in [1.807, 2.05) is 25.1 Å². The molecule has 0 saturated heterocycles. The van der Waals surface area contributed by atoms with Crippen LogP contribution in [0.1, 0.15) is 16.1 Å². The van der Waals surface area contributed by atoms with Gasteiger partial charge in [0, 0.05) is 11.9 Å². The number of benzene rings is 1. The van der Waals surface area contributed by atoms with Crippen molar-refractivity contribution in [2.75, 3.05) is 5.32 Å². The van der Waals surface area contributed by atoms with Crippen molar-refractivity contribution < 1.29 is 14.7 Å².